The molecule has 1 aliphatic heterocycles. The summed E-state index contributed by atoms with van der Waals surface area (Å²) >= 11 is 0. The second-order valence-electron chi connectivity index (χ2n) is 10.4. The van der Waals surface area contributed by atoms with Gasteiger partial charge in [0.15, 0.2) is 0 Å². The topological polar surface area (TPSA) is 77.8 Å². The van der Waals surface area contributed by atoms with Gasteiger partial charge in [-0.15, -0.1) is 6.42 Å². The molecule has 1 saturated heterocycles. The molecule has 1 aliphatic rings. The van der Waals surface area contributed by atoms with Crippen molar-refractivity contribution < 1.29 is 19.8 Å². The van der Waals surface area contributed by atoms with Gasteiger partial charge in [0.2, 0.25) is 11.8 Å². The molecule has 37 heavy (non-hydrogen) atoms. The number of phenols is 1. The van der Waals surface area contributed by atoms with Crippen LogP contribution in [0.1, 0.15) is 96.8 Å². The van der Waals surface area contributed by atoms with Crippen LogP contribution in [0.25, 0.3) is 0 Å². The van der Waals surface area contributed by atoms with E-state index in [2.05, 4.69) is 45.7 Å². The Morgan fingerprint density at radius 3 is 1.57 bits per heavy atom. The number of aromatic hydroxyl groups is 1. The highest BCUT2D eigenvalue weighted by Gasteiger charge is 2.41. The summed E-state index contributed by atoms with van der Waals surface area (Å²) in [5.74, 6) is 3.11. The third kappa shape index (κ3) is 9.37. The number of carbonyl (C=O) groups is 2. The number of phenolic OH excluding ortho intramolecular Hbond substituents is 1. The van der Waals surface area contributed by atoms with Gasteiger partial charge in [-0.2, -0.15) is 0 Å². The number of nitrogens with zero attached hydrogens (tertiary/aromatic N) is 1. The van der Waals surface area contributed by atoms with Gasteiger partial charge in [-0.25, -0.2) is 0 Å². The lowest BCUT2D eigenvalue weighted by Gasteiger charge is -2.18. The second kappa shape index (κ2) is 14.6. The van der Waals surface area contributed by atoms with Gasteiger partial charge in [0.1, 0.15) is 5.75 Å². The maximum absolute atomic E-state index is 11.3. The first kappa shape index (κ1) is 31.9. The minimum Gasteiger partial charge on any atom is -0.508 e. The van der Waals surface area contributed by atoms with E-state index < -0.39 is 5.60 Å². The number of hydrogen-bond acceptors (Lipinski definition) is 4. The highest BCUT2D eigenvalue weighted by Crippen LogP contribution is 2.25. The molecule has 5 nitrogen and oxygen atoms in total. The monoisotopic (exact) mass is 507 g/mol. The Balaban J connectivity index is 0.000000280. The highest BCUT2D eigenvalue weighted by atomic mass is 16.3. The van der Waals surface area contributed by atoms with E-state index in [0.717, 1.165) is 23.3 Å². The number of aliphatic hydroxyl groups is 1. The summed E-state index contributed by atoms with van der Waals surface area (Å²) in [7, 11) is 0. The minimum absolute atomic E-state index is 0.104. The lowest BCUT2D eigenvalue weighted by Crippen LogP contribution is -2.31. The second-order valence-corrected chi connectivity index (χ2v) is 10.4. The number of amides is 2. The van der Waals surface area contributed by atoms with Crippen molar-refractivity contribution in [2.24, 2.45) is 11.8 Å². The minimum atomic E-state index is -0.728. The van der Waals surface area contributed by atoms with Gasteiger partial charge in [0, 0.05) is 11.8 Å². The van der Waals surface area contributed by atoms with Crippen LogP contribution in [0.3, 0.4) is 0 Å². The average Bonchev–Trinajstić information content (AvgIpc) is 3.06. The lowest BCUT2D eigenvalue weighted by atomic mass is 9.93. The van der Waals surface area contributed by atoms with E-state index in [-0.39, 0.29) is 30.2 Å². The van der Waals surface area contributed by atoms with Crippen LogP contribution in [0.5, 0.6) is 5.75 Å². The molecule has 0 aromatic heterocycles. The Bertz CT molecular complexity index is 1010. The van der Waals surface area contributed by atoms with Crippen LogP contribution in [-0.4, -0.2) is 33.5 Å². The number of carbonyl (C=O) groups excluding carboxylic acids is 2. The maximum Gasteiger partial charge on any atom is 0.233 e. The molecule has 1 fully saturated rings. The summed E-state index contributed by atoms with van der Waals surface area (Å²) in [6, 6.07) is 15.7. The number of benzene rings is 2. The Kier molecular flexibility index (Phi) is 12.6. The molecular weight excluding hydrogens is 462 g/mol. The molecule has 2 amide bonds. The number of rotatable bonds is 6. The van der Waals surface area contributed by atoms with Crippen molar-refractivity contribution in [3.8, 4) is 18.1 Å². The molecule has 4 atom stereocenters. The maximum atomic E-state index is 11.3. The van der Waals surface area contributed by atoms with E-state index >= 15 is 0 Å². The summed E-state index contributed by atoms with van der Waals surface area (Å²) in [4.78, 5) is 23.8. The molecule has 2 N–H and O–H groups in total. The first-order valence-electron chi connectivity index (χ1n) is 13.2. The molecule has 2 aromatic rings. The van der Waals surface area contributed by atoms with E-state index in [1.807, 2.05) is 38.1 Å². The molecule has 0 aliphatic carbocycles. The zero-order valence-electron chi connectivity index (χ0n) is 23.8. The molecule has 0 radical (unpaired) electrons. The van der Waals surface area contributed by atoms with Gasteiger partial charge < -0.3 is 10.2 Å². The van der Waals surface area contributed by atoms with E-state index in [4.69, 9.17) is 11.5 Å². The molecule has 202 valence electrons. The number of hydrogen-bond donors (Lipinski definition) is 2. The molecule has 0 bridgehead atoms. The van der Waals surface area contributed by atoms with Crippen molar-refractivity contribution in [1.82, 2.24) is 4.90 Å². The first-order valence-corrected chi connectivity index (χ1v) is 13.2. The normalized spacial score (nSPS) is 18.6. The quantitative estimate of drug-likeness (QED) is 0.341. The summed E-state index contributed by atoms with van der Waals surface area (Å²) in [6.07, 6.45) is 7.33. The Hall–Kier alpha value is -3.10. The smallest absolute Gasteiger partial charge is 0.233 e. The fraction of sp³-hybridized carbons (Fsp3) is 0.500. The van der Waals surface area contributed by atoms with Crippen molar-refractivity contribution in [1.29, 1.82) is 0 Å². The summed E-state index contributed by atoms with van der Waals surface area (Å²) in [6.45, 7) is 16.0. The van der Waals surface area contributed by atoms with Gasteiger partial charge in [-0.1, -0.05) is 83.9 Å². The first-order chi connectivity index (χ1) is 17.3. The van der Waals surface area contributed by atoms with Crippen LogP contribution < -0.4 is 0 Å². The Labute approximate surface area is 223 Å². The van der Waals surface area contributed by atoms with Gasteiger partial charge in [-0.3, -0.25) is 14.5 Å². The molecule has 1 heterocycles. The largest absolute Gasteiger partial charge is 0.508 e. The van der Waals surface area contributed by atoms with Gasteiger partial charge in [0.05, 0.1) is 12.1 Å². The van der Waals surface area contributed by atoms with Crippen LogP contribution in [0.2, 0.25) is 0 Å². The zero-order valence-corrected chi connectivity index (χ0v) is 23.8. The van der Waals surface area contributed by atoms with Gasteiger partial charge in [-0.05, 0) is 67.3 Å². The third-order valence-electron chi connectivity index (χ3n) is 7.18. The molecule has 4 unspecified atom stereocenters. The van der Waals surface area contributed by atoms with Crippen molar-refractivity contribution >= 4 is 11.8 Å². The predicted molar refractivity (Wildman–Crippen MR) is 151 cm³/mol. The van der Waals surface area contributed by atoms with E-state index in [1.165, 1.54) is 11.1 Å². The number of imide groups is 1. The Morgan fingerprint density at radius 1 is 0.865 bits per heavy atom. The van der Waals surface area contributed by atoms with Gasteiger partial charge >= 0.3 is 0 Å². The van der Waals surface area contributed by atoms with Crippen LogP contribution in [-0.2, 0) is 15.2 Å². The van der Waals surface area contributed by atoms with Crippen molar-refractivity contribution in [3.05, 3.63) is 65.2 Å². The van der Waals surface area contributed by atoms with Crippen LogP contribution in [0.15, 0.2) is 48.5 Å². The average molecular weight is 508 g/mol. The molecule has 0 saturated carbocycles. The SMILES string of the molecule is C#CCN1C(=O)C(C)C(C)C1=O.CCC(C)c1ccc(C(C)(C)O)cc1.CCC(C)c1ccc(O)cc1. The highest BCUT2D eigenvalue weighted by molar-refractivity contribution is 6.04. The molecule has 2 aromatic carbocycles. The summed E-state index contributed by atoms with van der Waals surface area (Å²) in [5, 5.41) is 18.8. The fourth-order valence-corrected chi connectivity index (χ4v) is 3.77. The van der Waals surface area contributed by atoms with Gasteiger partial charge in [0.25, 0.3) is 0 Å². The van der Waals surface area contributed by atoms with Crippen molar-refractivity contribution in [2.45, 2.75) is 85.7 Å². The van der Waals surface area contributed by atoms with Crippen LogP contribution >= 0.6 is 0 Å². The Morgan fingerprint density at radius 2 is 1.24 bits per heavy atom. The van der Waals surface area contributed by atoms with E-state index in [9.17, 15) is 14.7 Å². The van der Waals surface area contributed by atoms with Crippen LogP contribution in [0, 0.1) is 24.2 Å². The van der Waals surface area contributed by atoms with Crippen molar-refractivity contribution in [3.63, 3.8) is 0 Å². The third-order valence-corrected chi connectivity index (χ3v) is 7.18. The van der Waals surface area contributed by atoms with E-state index in [0.29, 0.717) is 17.6 Å². The van der Waals surface area contributed by atoms with Crippen molar-refractivity contribution in [2.75, 3.05) is 6.54 Å². The summed E-state index contributed by atoms with van der Waals surface area (Å²) in [5.41, 5.74) is 2.89. The molecule has 3 rings (SSSR count). The molecule has 0 spiro atoms. The number of likely N-dealkylation sites (tertiary alicyclic amines) is 1. The predicted octanol–water partition coefficient (Wildman–Crippen LogP) is 6.59. The van der Waals surface area contributed by atoms with E-state index in [1.54, 1.807) is 26.0 Å². The fourth-order valence-electron chi connectivity index (χ4n) is 3.77. The number of terminal acetylenes is 1. The van der Waals surface area contributed by atoms with Crippen LogP contribution in [0.4, 0.5) is 0 Å². The summed E-state index contributed by atoms with van der Waals surface area (Å²) < 4.78 is 0. The lowest BCUT2D eigenvalue weighted by molar-refractivity contribution is -0.138. The molecule has 5 heteroatoms. The molecular formula is C32H45NO4. The zero-order chi connectivity index (χ0) is 28.3. The standard InChI is InChI=1S/C13H20O.C10H14O.C9H11NO2/c1-5-10(2)11-6-8-12(9-7-11)13(3,4)14;1-3-8(2)9-4-6-10(11)7-5-9;1-4-5-10-8(11)6(2)7(3)9(10)12/h6-10,14H,5H2,1-4H3;4-8,11H,3H2,1-2H3;1,6-7H,5H2,2-3H3.